The van der Waals surface area contributed by atoms with Crippen LogP contribution < -0.4 is 5.32 Å². The maximum Gasteiger partial charge on any atom is 0.297 e. The van der Waals surface area contributed by atoms with Gasteiger partial charge in [-0.25, -0.2) is 0 Å². The smallest absolute Gasteiger partial charge is 0.297 e. The van der Waals surface area contributed by atoms with E-state index in [-0.39, 0.29) is 17.5 Å². The Balaban J connectivity index is 1.85. The van der Waals surface area contributed by atoms with Crippen LogP contribution in [0.5, 0.6) is 0 Å². The highest BCUT2D eigenvalue weighted by Crippen LogP contribution is 2.13. The molecule has 0 heterocycles. The highest BCUT2D eigenvalue weighted by Gasteiger charge is 2.16. The third-order valence-corrected chi connectivity index (χ3v) is 4.58. The molecule has 0 aliphatic heterocycles. The molecule has 118 valence electrons. The Labute approximate surface area is 132 Å². The average molecular weight is 319 g/mol. The van der Waals surface area contributed by atoms with Gasteiger partial charge in [-0.2, -0.15) is 8.42 Å². The molecule has 0 unspecified atom stereocenters. The molecule has 0 aliphatic rings. The molecule has 0 fully saturated rings. The van der Waals surface area contributed by atoms with Crippen LogP contribution in [0.4, 0.5) is 0 Å². The molecule has 0 radical (unpaired) electrons. The van der Waals surface area contributed by atoms with E-state index in [1.54, 1.807) is 24.3 Å². The van der Waals surface area contributed by atoms with Gasteiger partial charge in [-0.1, -0.05) is 48.0 Å². The standard InChI is InChI=1S/C17H21NO3S/c1-14-8-10-17(11-9-14)22(19,20)21-13-15(2)18-12-16-6-4-3-5-7-16/h3-11,15,18H,12-13H2,1-2H3/t15-/m0/s1. The van der Waals surface area contributed by atoms with Gasteiger partial charge < -0.3 is 5.32 Å². The number of aryl methyl sites for hydroxylation is 1. The summed E-state index contributed by atoms with van der Waals surface area (Å²) in [5, 5.41) is 3.24. The zero-order chi connectivity index (χ0) is 16.0. The Morgan fingerprint density at radius 2 is 1.68 bits per heavy atom. The van der Waals surface area contributed by atoms with Gasteiger partial charge in [-0.05, 0) is 31.5 Å². The molecule has 0 saturated carbocycles. The minimum absolute atomic E-state index is 0.0690. The van der Waals surface area contributed by atoms with E-state index in [0.29, 0.717) is 6.54 Å². The zero-order valence-electron chi connectivity index (χ0n) is 12.8. The molecule has 0 saturated heterocycles. The Morgan fingerprint density at radius 1 is 1.05 bits per heavy atom. The zero-order valence-corrected chi connectivity index (χ0v) is 13.6. The summed E-state index contributed by atoms with van der Waals surface area (Å²) in [5.74, 6) is 0. The third kappa shape index (κ3) is 4.94. The van der Waals surface area contributed by atoms with Crippen molar-refractivity contribution in [2.75, 3.05) is 6.61 Å². The highest BCUT2D eigenvalue weighted by molar-refractivity contribution is 7.86. The van der Waals surface area contributed by atoms with E-state index in [1.165, 1.54) is 0 Å². The van der Waals surface area contributed by atoms with Gasteiger partial charge in [-0.15, -0.1) is 0 Å². The van der Waals surface area contributed by atoms with E-state index in [9.17, 15) is 8.42 Å². The van der Waals surface area contributed by atoms with Crippen molar-refractivity contribution in [3.8, 4) is 0 Å². The second-order valence-corrected chi connectivity index (χ2v) is 6.93. The second kappa shape index (κ2) is 7.54. The van der Waals surface area contributed by atoms with Crippen LogP contribution in [-0.4, -0.2) is 21.1 Å². The lowest BCUT2D eigenvalue weighted by Gasteiger charge is -2.14. The van der Waals surface area contributed by atoms with Gasteiger partial charge in [0, 0.05) is 12.6 Å². The van der Waals surface area contributed by atoms with Crippen molar-refractivity contribution in [1.29, 1.82) is 0 Å². The topological polar surface area (TPSA) is 55.4 Å². The van der Waals surface area contributed by atoms with Gasteiger partial charge in [0.05, 0.1) is 11.5 Å². The fourth-order valence-corrected chi connectivity index (χ4v) is 2.90. The van der Waals surface area contributed by atoms with Crippen molar-refractivity contribution >= 4 is 10.1 Å². The van der Waals surface area contributed by atoms with Crippen LogP contribution in [0.2, 0.25) is 0 Å². The Hall–Kier alpha value is -1.69. The van der Waals surface area contributed by atoms with E-state index in [2.05, 4.69) is 5.32 Å². The van der Waals surface area contributed by atoms with E-state index < -0.39 is 10.1 Å². The molecule has 22 heavy (non-hydrogen) atoms. The normalized spacial score (nSPS) is 13.0. The van der Waals surface area contributed by atoms with Crippen molar-refractivity contribution in [3.63, 3.8) is 0 Å². The van der Waals surface area contributed by atoms with Gasteiger partial charge in [0.25, 0.3) is 10.1 Å². The first-order valence-corrected chi connectivity index (χ1v) is 8.61. The monoisotopic (exact) mass is 319 g/mol. The van der Waals surface area contributed by atoms with Crippen molar-refractivity contribution in [1.82, 2.24) is 5.32 Å². The highest BCUT2D eigenvalue weighted by atomic mass is 32.2. The summed E-state index contributed by atoms with van der Waals surface area (Å²) < 4.78 is 29.3. The molecule has 0 spiro atoms. The number of hydrogen-bond acceptors (Lipinski definition) is 4. The van der Waals surface area contributed by atoms with Crippen molar-refractivity contribution in [3.05, 3.63) is 65.7 Å². The molecule has 2 aromatic carbocycles. The van der Waals surface area contributed by atoms with Crippen LogP contribution in [-0.2, 0) is 20.8 Å². The second-order valence-electron chi connectivity index (χ2n) is 5.32. The largest absolute Gasteiger partial charge is 0.308 e. The number of nitrogens with one attached hydrogen (secondary N) is 1. The molecule has 2 aromatic rings. The molecule has 2 rings (SSSR count). The Bertz CT molecular complexity index is 682. The molecule has 1 atom stereocenters. The molecule has 5 heteroatoms. The lowest BCUT2D eigenvalue weighted by molar-refractivity contribution is 0.276. The van der Waals surface area contributed by atoms with Gasteiger partial charge in [0.15, 0.2) is 0 Å². The van der Waals surface area contributed by atoms with E-state index in [0.717, 1.165) is 11.1 Å². The number of hydrogen-bond donors (Lipinski definition) is 1. The van der Waals surface area contributed by atoms with Crippen LogP contribution in [0.15, 0.2) is 59.5 Å². The van der Waals surface area contributed by atoms with Gasteiger partial charge in [0.1, 0.15) is 0 Å². The lowest BCUT2D eigenvalue weighted by Crippen LogP contribution is -2.31. The van der Waals surface area contributed by atoms with Crippen LogP contribution >= 0.6 is 0 Å². The van der Waals surface area contributed by atoms with Crippen molar-refractivity contribution < 1.29 is 12.6 Å². The van der Waals surface area contributed by atoms with E-state index in [4.69, 9.17) is 4.18 Å². The maximum absolute atomic E-state index is 12.1. The summed E-state index contributed by atoms with van der Waals surface area (Å²) in [7, 11) is -3.70. The number of benzene rings is 2. The first-order chi connectivity index (χ1) is 10.5. The molecule has 1 N–H and O–H groups in total. The molecule has 0 bridgehead atoms. The molecule has 0 aliphatic carbocycles. The minimum atomic E-state index is -3.70. The molecule has 0 amide bonds. The van der Waals surface area contributed by atoms with E-state index in [1.807, 2.05) is 44.2 Å². The number of rotatable bonds is 7. The van der Waals surface area contributed by atoms with Crippen molar-refractivity contribution in [2.24, 2.45) is 0 Å². The Kier molecular flexibility index (Phi) is 5.71. The fraction of sp³-hybridized carbons (Fsp3) is 0.294. The van der Waals surface area contributed by atoms with E-state index >= 15 is 0 Å². The SMILES string of the molecule is Cc1ccc(S(=O)(=O)OC[C@H](C)NCc2ccccc2)cc1. The van der Waals surface area contributed by atoms with Gasteiger partial charge >= 0.3 is 0 Å². The average Bonchev–Trinajstić information content (AvgIpc) is 2.52. The summed E-state index contributed by atoms with van der Waals surface area (Å²) in [6.45, 7) is 4.58. The predicted molar refractivity (Wildman–Crippen MR) is 87.1 cm³/mol. The predicted octanol–water partition coefficient (Wildman–Crippen LogP) is 2.88. The molecular formula is C17H21NO3S. The summed E-state index contributed by atoms with van der Waals surface area (Å²) in [4.78, 5) is 0.188. The minimum Gasteiger partial charge on any atom is -0.308 e. The van der Waals surface area contributed by atoms with Gasteiger partial charge in [-0.3, -0.25) is 4.18 Å². The summed E-state index contributed by atoms with van der Waals surface area (Å²) in [5.41, 5.74) is 2.16. The lowest BCUT2D eigenvalue weighted by atomic mass is 10.2. The third-order valence-electron chi connectivity index (χ3n) is 3.28. The van der Waals surface area contributed by atoms with Gasteiger partial charge in [0.2, 0.25) is 0 Å². The Morgan fingerprint density at radius 3 is 2.32 bits per heavy atom. The van der Waals surface area contributed by atoms with Crippen LogP contribution in [0.1, 0.15) is 18.1 Å². The first kappa shape index (κ1) is 16.7. The maximum atomic E-state index is 12.1. The molecule has 0 aromatic heterocycles. The quantitative estimate of drug-likeness (QED) is 0.797. The van der Waals surface area contributed by atoms with Crippen molar-refractivity contribution in [2.45, 2.75) is 31.3 Å². The van der Waals surface area contributed by atoms with Crippen LogP contribution in [0.3, 0.4) is 0 Å². The van der Waals surface area contributed by atoms with Crippen LogP contribution in [0, 0.1) is 6.92 Å². The summed E-state index contributed by atoms with van der Waals surface area (Å²) in [6, 6.07) is 16.5. The summed E-state index contributed by atoms with van der Waals surface area (Å²) >= 11 is 0. The molecule has 4 nitrogen and oxygen atoms in total. The summed E-state index contributed by atoms with van der Waals surface area (Å²) in [6.07, 6.45) is 0. The van der Waals surface area contributed by atoms with Crippen LogP contribution in [0.25, 0.3) is 0 Å². The molecular weight excluding hydrogens is 298 g/mol. The fourth-order valence-electron chi connectivity index (χ4n) is 1.91. The first-order valence-electron chi connectivity index (χ1n) is 7.21.